The van der Waals surface area contributed by atoms with Crippen LogP contribution in [0.5, 0.6) is 11.5 Å². The lowest BCUT2D eigenvalue weighted by atomic mass is 10.2. The summed E-state index contributed by atoms with van der Waals surface area (Å²) in [5, 5.41) is 12.1. The number of hydrogen-bond donors (Lipinski definition) is 2. The minimum atomic E-state index is -4.76. The third-order valence-electron chi connectivity index (χ3n) is 3.56. The normalized spacial score (nSPS) is 11.1. The first-order valence-corrected chi connectivity index (χ1v) is 7.80. The van der Waals surface area contributed by atoms with Gasteiger partial charge in [-0.2, -0.15) is 0 Å². The van der Waals surface area contributed by atoms with Gasteiger partial charge in [-0.3, -0.25) is 4.79 Å². The van der Waals surface area contributed by atoms with Crippen LogP contribution in [-0.2, 0) is 17.9 Å². The molecule has 1 amide bonds. The number of nitrogens with one attached hydrogen (secondary N) is 1. The van der Waals surface area contributed by atoms with E-state index in [2.05, 4.69) is 10.1 Å². The predicted octanol–water partition coefficient (Wildman–Crippen LogP) is 2.69. The third kappa shape index (κ3) is 6.24. The zero-order chi connectivity index (χ0) is 20.0. The standard InChI is InChI=1S/C17H17F3N2O5/c1-11-15(24)14(23)6-8-22(11)9-7-21-16(25)26-10-12-2-4-13(5-3-12)27-17(18,19)20/h2-6,8,24H,7,9-10H2,1H3,(H,21,25). The summed E-state index contributed by atoms with van der Waals surface area (Å²) in [6, 6.07) is 6.15. The van der Waals surface area contributed by atoms with Gasteiger partial charge in [-0.15, -0.1) is 13.2 Å². The molecule has 1 aromatic carbocycles. The smallest absolute Gasteiger partial charge is 0.503 e. The lowest BCUT2D eigenvalue weighted by molar-refractivity contribution is -0.274. The molecule has 7 nitrogen and oxygen atoms in total. The van der Waals surface area contributed by atoms with Gasteiger partial charge in [0.2, 0.25) is 5.43 Å². The number of benzene rings is 1. The first-order chi connectivity index (χ1) is 12.7. The highest BCUT2D eigenvalue weighted by Crippen LogP contribution is 2.22. The van der Waals surface area contributed by atoms with Crippen LogP contribution in [0.25, 0.3) is 0 Å². The molecule has 0 bridgehead atoms. The van der Waals surface area contributed by atoms with Gasteiger partial charge >= 0.3 is 12.5 Å². The Morgan fingerprint density at radius 3 is 2.52 bits per heavy atom. The average molecular weight is 386 g/mol. The van der Waals surface area contributed by atoms with Crippen molar-refractivity contribution in [3.8, 4) is 11.5 Å². The second-order valence-electron chi connectivity index (χ2n) is 5.50. The quantitative estimate of drug-likeness (QED) is 0.797. The molecule has 0 aliphatic carbocycles. The number of halogens is 3. The predicted molar refractivity (Wildman–Crippen MR) is 88.4 cm³/mol. The van der Waals surface area contributed by atoms with Crippen LogP contribution in [-0.4, -0.2) is 28.7 Å². The van der Waals surface area contributed by atoms with E-state index < -0.39 is 17.9 Å². The molecule has 2 aromatic rings. The summed E-state index contributed by atoms with van der Waals surface area (Å²) in [5.41, 5.74) is 0.377. The molecule has 10 heteroatoms. The minimum absolute atomic E-state index is 0.129. The number of pyridine rings is 1. The molecular weight excluding hydrogens is 369 g/mol. The fraction of sp³-hybridized carbons (Fsp3) is 0.294. The highest BCUT2D eigenvalue weighted by molar-refractivity contribution is 5.67. The maximum Gasteiger partial charge on any atom is 0.573 e. The molecule has 0 fully saturated rings. The second kappa shape index (κ2) is 8.47. The third-order valence-corrected chi connectivity index (χ3v) is 3.56. The van der Waals surface area contributed by atoms with Crippen LogP contribution < -0.4 is 15.5 Å². The number of ether oxygens (including phenoxy) is 2. The Bertz CT molecular complexity index is 847. The van der Waals surface area contributed by atoms with E-state index in [1.807, 2.05) is 0 Å². The molecule has 0 saturated heterocycles. The molecule has 2 N–H and O–H groups in total. The van der Waals surface area contributed by atoms with Gasteiger partial charge in [-0.25, -0.2) is 4.79 Å². The average Bonchev–Trinajstić information content (AvgIpc) is 2.60. The first-order valence-electron chi connectivity index (χ1n) is 7.80. The Kier molecular flexibility index (Phi) is 6.32. The highest BCUT2D eigenvalue weighted by Gasteiger charge is 2.30. The number of hydrogen-bond acceptors (Lipinski definition) is 5. The van der Waals surface area contributed by atoms with E-state index in [9.17, 15) is 27.9 Å². The van der Waals surface area contributed by atoms with E-state index in [1.54, 1.807) is 11.5 Å². The van der Waals surface area contributed by atoms with Gasteiger partial charge < -0.3 is 24.5 Å². The molecule has 27 heavy (non-hydrogen) atoms. The van der Waals surface area contributed by atoms with Gasteiger partial charge in [0.05, 0.1) is 5.69 Å². The van der Waals surface area contributed by atoms with Crippen molar-refractivity contribution >= 4 is 6.09 Å². The Balaban J connectivity index is 1.76. The molecule has 1 heterocycles. The SMILES string of the molecule is Cc1c(O)c(=O)ccn1CCNC(=O)OCc1ccc(OC(F)(F)F)cc1. The van der Waals surface area contributed by atoms with E-state index >= 15 is 0 Å². The summed E-state index contributed by atoms with van der Waals surface area (Å²) in [5.74, 6) is -0.714. The summed E-state index contributed by atoms with van der Waals surface area (Å²) >= 11 is 0. The van der Waals surface area contributed by atoms with Gasteiger partial charge in [0.25, 0.3) is 0 Å². The summed E-state index contributed by atoms with van der Waals surface area (Å²) in [4.78, 5) is 22.9. The molecule has 0 saturated carbocycles. The molecular formula is C17H17F3N2O5. The Labute approximate surface area is 151 Å². The molecule has 0 unspecified atom stereocenters. The van der Waals surface area contributed by atoms with Crippen molar-refractivity contribution in [2.75, 3.05) is 6.54 Å². The molecule has 0 atom stereocenters. The van der Waals surface area contributed by atoms with Crippen molar-refractivity contribution in [1.29, 1.82) is 0 Å². The fourth-order valence-corrected chi connectivity index (χ4v) is 2.17. The summed E-state index contributed by atoms with van der Waals surface area (Å²) in [6.45, 7) is 1.93. The van der Waals surface area contributed by atoms with E-state index in [1.165, 1.54) is 24.4 Å². The number of carbonyl (C=O) groups is 1. The number of aromatic hydroxyl groups is 1. The molecule has 146 valence electrons. The topological polar surface area (TPSA) is 89.8 Å². The Hall–Kier alpha value is -3.17. The number of nitrogens with zero attached hydrogens (tertiary/aromatic N) is 1. The fourth-order valence-electron chi connectivity index (χ4n) is 2.17. The van der Waals surface area contributed by atoms with Crippen LogP contribution in [0.15, 0.2) is 41.3 Å². The second-order valence-corrected chi connectivity index (χ2v) is 5.50. The Morgan fingerprint density at radius 2 is 1.89 bits per heavy atom. The van der Waals surface area contributed by atoms with Crippen LogP contribution in [0.4, 0.5) is 18.0 Å². The lowest BCUT2D eigenvalue weighted by Crippen LogP contribution is -2.28. The highest BCUT2D eigenvalue weighted by atomic mass is 19.4. The molecule has 0 aliphatic heterocycles. The van der Waals surface area contributed by atoms with Crippen molar-refractivity contribution in [3.05, 3.63) is 58.0 Å². The number of carbonyl (C=O) groups excluding carboxylic acids is 1. The van der Waals surface area contributed by atoms with Crippen LogP contribution in [0, 0.1) is 6.92 Å². The van der Waals surface area contributed by atoms with Crippen molar-refractivity contribution in [3.63, 3.8) is 0 Å². The minimum Gasteiger partial charge on any atom is -0.503 e. The van der Waals surface area contributed by atoms with Crippen molar-refractivity contribution < 1.29 is 32.5 Å². The molecule has 0 spiro atoms. The van der Waals surface area contributed by atoms with Gasteiger partial charge in [0.1, 0.15) is 12.4 Å². The maximum atomic E-state index is 12.1. The van der Waals surface area contributed by atoms with Crippen LogP contribution in [0.1, 0.15) is 11.3 Å². The van der Waals surface area contributed by atoms with Gasteiger partial charge in [0, 0.05) is 25.4 Å². The lowest BCUT2D eigenvalue weighted by Gasteiger charge is -2.12. The van der Waals surface area contributed by atoms with Crippen molar-refractivity contribution in [1.82, 2.24) is 9.88 Å². The number of rotatable bonds is 6. The van der Waals surface area contributed by atoms with Crippen LogP contribution in [0.2, 0.25) is 0 Å². The van der Waals surface area contributed by atoms with Gasteiger partial charge in [-0.1, -0.05) is 12.1 Å². The summed E-state index contributed by atoms with van der Waals surface area (Å²) < 4.78 is 46.5. The van der Waals surface area contributed by atoms with Crippen molar-refractivity contribution in [2.45, 2.75) is 26.4 Å². The van der Waals surface area contributed by atoms with Crippen LogP contribution >= 0.6 is 0 Å². The molecule has 1 aromatic heterocycles. The van der Waals surface area contributed by atoms with Crippen LogP contribution in [0.3, 0.4) is 0 Å². The van der Waals surface area contributed by atoms with Crippen molar-refractivity contribution in [2.24, 2.45) is 0 Å². The molecule has 0 aliphatic rings. The zero-order valence-corrected chi connectivity index (χ0v) is 14.2. The first kappa shape index (κ1) is 20.1. The van der Waals surface area contributed by atoms with E-state index in [0.717, 1.165) is 12.1 Å². The summed E-state index contributed by atoms with van der Waals surface area (Å²) in [7, 11) is 0. The monoisotopic (exact) mass is 386 g/mol. The Morgan fingerprint density at radius 1 is 1.22 bits per heavy atom. The number of alkyl halides is 3. The largest absolute Gasteiger partial charge is 0.573 e. The number of aromatic nitrogens is 1. The van der Waals surface area contributed by atoms with E-state index in [0.29, 0.717) is 17.8 Å². The van der Waals surface area contributed by atoms with E-state index in [4.69, 9.17) is 4.74 Å². The summed E-state index contributed by atoms with van der Waals surface area (Å²) in [6.07, 6.45) is -3.98. The molecule has 2 rings (SSSR count). The number of alkyl carbamates (subject to hydrolysis) is 1. The number of amides is 1. The van der Waals surface area contributed by atoms with Gasteiger partial charge in [0.15, 0.2) is 5.75 Å². The zero-order valence-electron chi connectivity index (χ0n) is 14.2. The van der Waals surface area contributed by atoms with E-state index in [-0.39, 0.29) is 24.7 Å². The molecule has 0 radical (unpaired) electrons. The van der Waals surface area contributed by atoms with Gasteiger partial charge in [-0.05, 0) is 24.6 Å². The maximum absolute atomic E-state index is 12.1.